The van der Waals surface area contributed by atoms with Crippen molar-refractivity contribution in [2.24, 2.45) is 0 Å². The fourth-order valence-electron chi connectivity index (χ4n) is 1.61. The van der Waals surface area contributed by atoms with Gasteiger partial charge in [-0.2, -0.15) is 4.39 Å². The largest absolute Gasteiger partial charge is 0.491 e. The molecule has 0 amide bonds. The van der Waals surface area contributed by atoms with Gasteiger partial charge in [-0.25, -0.2) is 18.6 Å². The second-order valence-corrected chi connectivity index (χ2v) is 4.68. The molecule has 0 fully saturated rings. The zero-order chi connectivity index (χ0) is 15.6. The van der Waals surface area contributed by atoms with Crippen LogP contribution in [0.2, 0.25) is 0 Å². The van der Waals surface area contributed by atoms with E-state index in [2.05, 4.69) is 9.72 Å². The van der Waals surface area contributed by atoms with E-state index in [0.29, 0.717) is 6.07 Å². The van der Waals surface area contributed by atoms with Crippen molar-refractivity contribution in [2.45, 2.75) is 6.92 Å². The summed E-state index contributed by atoms with van der Waals surface area (Å²) in [6, 6.07) is 0.668. The summed E-state index contributed by atoms with van der Waals surface area (Å²) >= 11 is 0.908. The van der Waals surface area contributed by atoms with Crippen molar-refractivity contribution in [3.8, 4) is 16.3 Å². The molecule has 21 heavy (non-hydrogen) atoms. The maximum absolute atomic E-state index is 14.1. The average molecular weight is 317 g/mol. The molecule has 0 aliphatic heterocycles. The maximum Gasteiger partial charge on any atom is 0.357 e. The van der Waals surface area contributed by atoms with Crippen LogP contribution >= 0.6 is 11.3 Å². The standard InChI is InChI=1S/C13H10F3NO3S/c1-3-20-13(18)8-5-21-12(17-8)6-4-7(14)10(16)11(19-2)9(6)15/h4-5H,3H2,1-2H3. The molecule has 1 heterocycles. The quantitative estimate of drug-likeness (QED) is 0.640. The molecule has 0 spiro atoms. The summed E-state index contributed by atoms with van der Waals surface area (Å²) in [5.41, 5.74) is -0.314. The lowest BCUT2D eigenvalue weighted by Gasteiger charge is -2.07. The number of aromatic nitrogens is 1. The number of esters is 1. The molecule has 1 aromatic heterocycles. The Morgan fingerprint density at radius 3 is 2.67 bits per heavy atom. The highest BCUT2D eigenvalue weighted by molar-refractivity contribution is 7.13. The van der Waals surface area contributed by atoms with Crippen LogP contribution in [0.3, 0.4) is 0 Å². The van der Waals surface area contributed by atoms with Gasteiger partial charge in [0.2, 0.25) is 5.82 Å². The minimum absolute atomic E-state index is 0.0211. The first-order valence-corrected chi connectivity index (χ1v) is 6.72. The molecular formula is C13H10F3NO3S. The fourth-order valence-corrected chi connectivity index (χ4v) is 2.41. The lowest BCUT2D eigenvalue weighted by atomic mass is 10.2. The summed E-state index contributed by atoms with van der Waals surface area (Å²) in [6.45, 7) is 1.80. The smallest absolute Gasteiger partial charge is 0.357 e. The number of carbonyl (C=O) groups excluding carboxylic acids is 1. The van der Waals surface area contributed by atoms with Crippen LogP contribution in [-0.2, 0) is 4.74 Å². The molecule has 0 radical (unpaired) electrons. The number of methoxy groups -OCH3 is 1. The maximum atomic E-state index is 14.1. The summed E-state index contributed by atoms with van der Waals surface area (Å²) in [7, 11) is 1.02. The van der Waals surface area contributed by atoms with E-state index in [-0.39, 0.29) is 22.9 Å². The van der Waals surface area contributed by atoms with E-state index in [9.17, 15) is 18.0 Å². The molecule has 2 aromatic rings. The van der Waals surface area contributed by atoms with Gasteiger partial charge < -0.3 is 9.47 Å². The van der Waals surface area contributed by atoms with Gasteiger partial charge in [-0.15, -0.1) is 11.3 Å². The summed E-state index contributed by atoms with van der Waals surface area (Å²) in [5, 5.41) is 1.37. The van der Waals surface area contributed by atoms with Crippen molar-refractivity contribution in [3.63, 3.8) is 0 Å². The summed E-state index contributed by atoms with van der Waals surface area (Å²) < 4.78 is 50.1. The van der Waals surface area contributed by atoms with Crippen molar-refractivity contribution in [1.82, 2.24) is 4.98 Å². The van der Waals surface area contributed by atoms with Gasteiger partial charge in [-0.1, -0.05) is 0 Å². The molecule has 0 unspecified atom stereocenters. The molecule has 0 saturated carbocycles. The Morgan fingerprint density at radius 1 is 1.33 bits per heavy atom. The number of benzene rings is 1. The van der Waals surface area contributed by atoms with E-state index in [1.54, 1.807) is 6.92 Å². The van der Waals surface area contributed by atoms with Gasteiger partial charge >= 0.3 is 5.97 Å². The fraction of sp³-hybridized carbons (Fsp3) is 0.231. The molecule has 112 valence electrons. The predicted octanol–water partition coefficient (Wildman–Crippen LogP) is 3.41. The number of hydrogen-bond donors (Lipinski definition) is 0. The molecule has 0 N–H and O–H groups in total. The van der Waals surface area contributed by atoms with Gasteiger partial charge in [0.05, 0.1) is 19.3 Å². The lowest BCUT2D eigenvalue weighted by Crippen LogP contribution is -2.05. The topological polar surface area (TPSA) is 48.4 Å². The monoisotopic (exact) mass is 317 g/mol. The van der Waals surface area contributed by atoms with E-state index in [4.69, 9.17) is 4.74 Å². The predicted molar refractivity (Wildman–Crippen MR) is 69.9 cm³/mol. The Balaban J connectivity index is 2.48. The van der Waals surface area contributed by atoms with Gasteiger partial charge in [0, 0.05) is 5.38 Å². The molecule has 4 nitrogen and oxygen atoms in total. The first-order chi connectivity index (χ1) is 9.99. The molecule has 8 heteroatoms. The molecule has 0 bridgehead atoms. The zero-order valence-electron chi connectivity index (χ0n) is 11.1. The minimum Gasteiger partial charge on any atom is -0.491 e. The van der Waals surface area contributed by atoms with Crippen LogP contribution < -0.4 is 4.74 Å². The Kier molecular flexibility index (Phi) is 4.46. The molecule has 0 aliphatic carbocycles. The Bertz CT molecular complexity index is 688. The number of carbonyl (C=O) groups is 1. The van der Waals surface area contributed by atoms with Crippen LogP contribution in [0.4, 0.5) is 13.2 Å². The van der Waals surface area contributed by atoms with Crippen molar-refractivity contribution < 1.29 is 27.4 Å². The van der Waals surface area contributed by atoms with Gasteiger partial charge in [-0.3, -0.25) is 0 Å². The van der Waals surface area contributed by atoms with Gasteiger partial charge in [0.15, 0.2) is 23.1 Å². The number of ether oxygens (including phenoxy) is 2. The molecule has 0 aliphatic rings. The Labute approximate surface area is 122 Å². The highest BCUT2D eigenvalue weighted by Gasteiger charge is 2.23. The van der Waals surface area contributed by atoms with Crippen LogP contribution in [0, 0.1) is 17.5 Å². The van der Waals surface area contributed by atoms with E-state index in [1.165, 1.54) is 5.38 Å². The van der Waals surface area contributed by atoms with Crippen LogP contribution in [0.1, 0.15) is 17.4 Å². The summed E-state index contributed by atoms with van der Waals surface area (Å²) in [6.07, 6.45) is 0. The van der Waals surface area contributed by atoms with Crippen molar-refractivity contribution in [3.05, 3.63) is 34.6 Å². The average Bonchev–Trinajstić information content (AvgIpc) is 2.93. The number of rotatable bonds is 4. The third kappa shape index (κ3) is 2.85. The van der Waals surface area contributed by atoms with Crippen molar-refractivity contribution >= 4 is 17.3 Å². The number of nitrogens with zero attached hydrogens (tertiary/aromatic N) is 1. The molecular weight excluding hydrogens is 307 g/mol. The van der Waals surface area contributed by atoms with Gasteiger partial charge in [0.25, 0.3) is 0 Å². The van der Waals surface area contributed by atoms with E-state index in [1.807, 2.05) is 0 Å². The van der Waals surface area contributed by atoms with E-state index < -0.39 is 29.2 Å². The zero-order valence-corrected chi connectivity index (χ0v) is 11.9. The van der Waals surface area contributed by atoms with Crippen LogP contribution in [-0.4, -0.2) is 24.7 Å². The molecule has 0 saturated heterocycles. The van der Waals surface area contributed by atoms with Crippen molar-refractivity contribution in [2.75, 3.05) is 13.7 Å². The second-order valence-electron chi connectivity index (χ2n) is 3.83. The van der Waals surface area contributed by atoms with Crippen molar-refractivity contribution in [1.29, 1.82) is 0 Å². The third-order valence-electron chi connectivity index (χ3n) is 2.54. The van der Waals surface area contributed by atoms with Crippen LogP contribution in [0.5, 0.6) is 5.75 Å². The lowest BCUT2D eigenvalue weighted by molar-refractivity contribution is 0.0520. The molecule has 2 rings (SSSR count). The third-order valence-corrected chi connectivity index (χ3v) is 3.41. The summed E-state index contributed by atoms with van der Waals surface area (Å²) in [4.78, 5) is 15.4. The number of hydrogen-bond acceptors (Lipinski definition) is 5. The molecule has 1 aromatic carbocycles. The normalized spacial score (nSPS) is 10.5. The highest BCUT2D eigenvalue weighted by atomic mass is 32.1. The molecule has 0 atom stereocenters. The van der Waals surface area contributed by atoms with E-state index in [0.717, 1.165) is 18.4 Å². The Morgan fingerprint density at radius 2 is 2.05 bits per heavy atom. The highest BCUT2D eigenvalue weighted by Crippen LogP contribution is 2.34. The summed E-state index contributed by atoms with van der Waals surface area (Å²) in [5.74, 6) is -5.27. The first-order valence-electron chi connectivity index (χ1n) is 5.84. The number of halogens is 3. The SMILES string of the molecule is CCOC(=O)c1csc(-c2cc(F)c(F)c(OC)c2F)n1. The van der Waals surface area contributed by atoms with Crippen LogP contribution in [0.15, 0.2) is 11.4 Å². The van der Waals surface area contributed by atoms with Crippen LogP contribution in [0.25, 0.3) is 10.6 Å². The number of thiazole rings is 1. The second kappa shape index (κ2) is 6.13. The van der Waals surface area contributed by atoms with E-state index >= 15 is 0 Å². The van der Waals surface area contributed by atoms with Gasteiger partial charge in [0.1, 0.15) is 5.01 Å². The Hall–Kier alpha value is -2.09. The first kappa shape index (κ1) is 15.3. The van der Waals surface area contributed by atoms with Gasteiger partial charge in [-0.05, 0) is 13.0 Å². The minimum atomic E-state index is -1.42.